The topological polar surface area (TPSA) is 20.2 Å². The highest BCUT2D eigenvalue weighted by Gasteiger charge is 1.97. The van der Waals surface area contributed by atoms with Gasteiger partial charge in [-0.05, 0) is 19.3 Å². The minimum Gasteiger partial charge on any atom is -0.387 e. The number of hydrogen-bond donors (Lipinski definition) is 1. The van der Waals surface area contributed by atoms with Crippen LogP contribution in [0.2, 0.25) is 0 Å². The molecule has 1 nitrogen and oxygen atoms in total. The summed E-state index contributed by atoms with van der Waals surface area (Å²) in [5.74, 6) is 0.768. The van der Waals surface area contributed by atoms with Gasteiger partial charge in [0, 0.05) is 0 Å². The van der Waals surface area contributed by atoms with Crippen LogP contribution >= 0.6 is 0 Å². The molecule has 0 unspecified atom stereocenters. The fourth-order valence-corrected chi connectivity index (χ4v) is 0.766. The van der Waals surface area contributed by atoms with Gasteiger partial charge in [0.15, 0.2) is 0 Å². The zero-order chi connectivity index (χ0) is 7.28. The summed E-state index contributed by atoms with van der Waals surface area (Å²) in [7, 11) is 0. The van der Waals surface area contributed by atoms with E-state index in [9.17, 15) is 0 Å². The molecule has 0 saturated carbocycles. The van der Waals surface area contributed by atoms with E-state index in [2.05, 4.69) is 13.8 Å². The first kappa shape index (κ1) is 8.96. The van der Waals surface area contributed by atoms with Gasteiger partial charge in [0.1, 0.15) is 0 Å². The summed E-state index contributed by atoms with van der Waals surface area (Å²) in [5, 5.41) is 8.78. The molecule has 55 valence electrons. The molecule has 1 N–H and O–H groups in total. The van der Waals surface area contributed by atoms with E-state index in [-0.39, 0.29) is 0 Å². The van der Waals surface area contributed by atoms with Crippen molar-refractivity contribution in [2.24, 2.45) is 5.92 Å². The number of aliphatic hydroxyl groups excluding tert-OH is 1. The Morgan fingerprint density at radius 3 is 2.33 bits per heavy atom. The highest BCUT2D eigenvalue weighted by molar-refractivity contribution is 4.66. The molecule has 0 saturated heterocycles. The average Bonchev–Trinajstić information content (AvgIpc) is 1.63. The minimum absolute atomic E-state index is 0.565. The molecule has 0 aliphatic heterocycles. The lowest BCUT2D eigenvalue weighted by atomic mass is 10.1. The Morgan fingerprint density at radius 2 is 2.00 bits per heavy atom. The van der Waals surface area contributed by atoms with Gasteiger partial charge in [-0.2, -0.15) is 0 Å². The van der Waals surface area contributed by atoms with Gasteiger partial charge in [0.2, 0.25) is 0 Å². The fourth-order valence-electron chi connectivity index (χ4n) is 0.766. The molecule has 0 amide bonds. The third kappa shape index (κ3) is 7.96. The molecule has 0 aromatic heterocycles. The monoisotopic (exact) mass is 129 g/mol. The van der Waals surface area contributed by atoms with Crippen molar-refractivity contribution in [1.29, 1.82) is 0 Å². The summed E-state index contributed by atoms with van der Waals surface area (Å²) in [5.41, 5.74) is 0. The molecule has 0 atom stereocenters. The lowest BCUT2D eigenvalue weighted by Gasteiger charge is -2.04. The Balaban J connectivity index is 2.91. The normalized spacial score (nSPS) is 11.3. The van der Waals surface area contributed by atoms with Gasteiger partial charge in [-0.1, -0.05) is 26.7 Å². The quantitative estimate of drug-likeness (QED) is 0.618. The van der Waals surface area contributed by atoms with Crippen LogP contribution in [0.3, 0.4) is 0 Å². The SMILES string of the molecule is C[C](O)CCCC(C)C. The lowest BCUT2D eigenvalue weighted by Crippen LogP contribution is -1.91. The van der Waals surface area contributed by atoms with Crippen LogP contribution < -0.4 is 0 Å². The Bertz CT molecular complexity index is 49.6. The second-order valence-corrected chi connectivity index (χ2v) is 3.02. The van der Waals surface area contributed by atoms with Gasteiger partial charge in [0.25, 0.3) is 0 Å². The Kier molecular flexibility index (Phi) is 4.78. The average molecular weight is 129 g/mol. The van der Waals surface area contributed by atoms with Crippen LogP contribution in [0.5, 0.6) is 0 Å². The molecule has 0 fully saturated rings. The van der Waals surface area contributed by atoms with E-state index < -0.39 is 0 Å². The van der Waals surface area contributed by atoms with Crippen LogP contribution in [-0.4, -0.2) is 5.11 Å². The van der Waals surface area contributed by atoms with E-state index in [4.69, 9.17) is 5.11 Å². The van der Waals surface area contributed by atoms with Crippen LogP contribution in [0.15, 0.2) is 0 Å². The molecule has 0 aliphatic rings. The van der Waals surface area contributed by atoms with E-state index in [1.807, 2.05) is 0 Å². The van der Waals surface area contributed by atoms with Crippen molar-refractivity contribution in [2.45, 2.75) is 40.0 Å². The summed E-state index contributed by atoms with van der Waals surface area (Å²) in [6, 6.07) is 0. The van der Waals surface area contributed by atoms with E-state index in [1.165, 1.54) is 6.42 Å². The van der Waals surface area contributed by atoms with Crippen molar-refractivity contribution in [3.05, 3.63) is 6.10 Å². The van der Waals surface area contributed by atoms with Gasteiger partial charge < -0.3 is 5.11 Å². The Morgan fingerprint density at radius 1 is 1.44 bits per heavy atom. The standard InChI is InChI=1S/C8H17O/c1-7(2)5-4-6-8(3)9/h7,9H,4-6H2,1-3H3. The Labute approximate surface area is 58.1 Å². The highest BCUT2D eigenvalue weighted by atomic mass is 16.3. The first-order valence-electron chi connectivity index (χ1n) is 3.64. The highest BCUT2D eigenvalue weighted by Crippen LogP contribution is 2.10. The van der Waals surface area contributed by atoms with Gasteiger partial charge in [-0.15, -0.1) is 0 Å². The molecule has 0 aliphatic carbocycles. The molecule has 9 heavy (non-hydrogen) atoms. The van der Waals surface area contributed by atoms with Crippen LogP contribution in [-0.2, 0) is 0 Å². The third-order valence-corrected chi connectivity index (χ3v) is 1.32. The van der Waals surface area contributed by atoms with E-state index in [0.29, 0.717) is 6.10 Å². The maximum Gasteiger partial charge on any atom is 0.0902 e. The summed E-state index contributed by atoms with van der Waals surface area (Å²) in [6.45, 7) is 6.17. The zero-order valence-electron chi connectivity index (χ0n) is 6.65. The van der Waals surface area contributed by atoms with Crippen molar-refractivity contribution >= 4 is 0 Å². The number of hydrogen-bond acceptors (Lipinski definition) is 1. The summed E-state index contributed by atoms with van der Waals surface area (Å²) in [6.07, 6.45) is 3.78. The molecule has 0 rings (SSSR count). The van der Waals surface area contributed by atoms with E-state index in [1.54, 1.807) is 6.92 Å². The molecular formula is C8H17O. The second-order valence-electron chi connectivity index (χ2n) is 3.02. The predicted octanol–water partition coefficient (Wildman–Crippen LogP) is 2.74. The maximum absolute atomic E-state index is 8.78. The van der Waals surface area contributed by atoms with Gasteiger partial charge in [-0.3, -0.25) is 0 Å². The van der Waals surface area contributed by atoms with Crippen molar-refractivity contribution in [3.63, 3.8) is 0 Å². The number of rotatable bonds is 4. The lowest BCUT2D eigenvalue weighted by molar-refractivity contribution is 0.287. The van der Waals surface area contributed by atoms with Crippen LogP contribution in [0.1, 0.15) is 40.0 Å². The maximum atomic E-state index is 8.78. The largest absolute Gasteiger partial charge is 0.387 e. The zero-order valence-corrected chi connectivity index (χ0v) is 6.65. The van der Waals surface area contributed by atoms with Crippen molar-refractivity contribution in [1.82, 2.24) is 0 Å². The molecule has 1 radical (unpaired) electrons. The van der Waals surface area contributed by atoms with Gasteiger partial charge in [-0.25, -0.2) is 0 Å². The second kappa shape index (κ2) is 4.80. The molecule has 0 spiro atoms. The van der Waals surface area contributed by atoms with E-state index >= 15 is 0 Å². The molecule has 0 aromatic carbocycles. The van der Waals surface area contributed by atoms with Gasteiger partial charge in [0.05, 0.1) is 6.10 Å². The molecule has 0 heterocycles. The number of aliphatic hydroxyl groups is 1. The molecular weight excluding hydrogens is 112 g/mol. The third-order valence-electron chi connectivity index (χ3n) is 1.32. The first-order valence-corrected chi connectivity index (χ1v) is 3.64. The minimum atomic E-state index is 0.565. The van der Waals surface area contributed by atoms with Crippen molar-refractivity contribution in [2.75, 3.05) is 0 Å². The fraction of sp³-hybridized carbons (Fsp3) is 0.875. The smallest absolute Gasteiger partial charge is 0.0902 e. The summed E-state index contributed by atoms with van der Waals surface area (Å²) < 4.78 is 0. The molecule has 0 aromatic rings. The predicted molar refractivity (Wildman–Crippen MR) is 39.5 cm³/mol. The van der Waals surface area contributed by atoms with E-state index in [0.717, 1.165) is 18.8 Å². The van der Waals surface area contributed by atoms with Crippen LogP contribution in [0.4, 0.5) is 0 Å². The Hall–Kier alpha value is -0.0400. The van der Waals surface area contributed by atoms with Crippen LogP contribution in [0, 0.1) is 12.0 Å². The van der Waals surface area contributed by atoms with Crippen LogP contribution in [0.25, 0.3) is 0 Å². The van der Waals surface area contributed by atoms with Gasteiger partial charge >= 0.3 is 0 Å². The molecule has 1 heteroatoms. The van der Waals surface area contributed by atoms with Crippen molar-refractivity contribution in [3.8, 4) is 0 Å². The summed E-state index contributed by atoms with van der Waals surface area (Å²) in [4.78, 5) is 0. The molecule has 0 bridgehead atoms. The first-order chi connectivity index (χ1) is 4.13. The summed E-state index contributed by atoms with van der Waals surface area (Å²) >= 11 is 0. The van der Waals surface area contributed by atoms with Crippen molar-refractivity contribution < 1.29 is 5.11 Å².